The van der Waals surface area contributed by atoms with Gasteiger partial charge in [-0.1, -0.05) is 19.1 Å². The van der Waals surface area contributed by atoms with Gasteiger partial charge in [0.05, 0.1) is 11.4 Å². The number of aromatic amines is 1. The van der Waals surface area contributed by atoms with Crippen LogP contribution in [0.25, 0.3) is 11.1 Å². The summed E-state index contributed by atoms with van der Waals surface area (Å²) in [4.78, 5) is 14.0. The summed E-state index contributed by atoms with van der Waals surface area (Å²) in [5, 5.41) is 7.87. The van der Waals surface area contributed by atoms with Crippen molar-refractivity contribution >= 4 is 17.7 Å². The molecule has 3 aromatic rings. The monoisotopic (exact) mass is 459 g/mol. The number of nitrogens with one attached hydrogen (secondary N) is 2. The lowest BCUT2D eigenvalue weighted by atomic mass is 9.93. The summed E-state index contributed by atoms with van der Waals surface area (Å²) in [6.45, 7) is 1.89. The summed E-state index contributed by atoms with van der Waals surface area (Å²) in [6.07, 6.45) is 0.713. The number of alkyl halides is 3. The number of H-pyrrole nitrogens is 1. The van der Waals surface area contributed by atoms with Crippen molar-refractivity contribution in [3.8, 4) is 11.1 Å². The molecule has 0 radical (unpaired) electrons. The number of hydrogen-bond donors (Lipinski definition) is 4. The third-order valence-electron chi connectivity index (χ3n) is 4.91. The molecule has 0 aliphatic heterocycles. The Labute approximate surface area is 186 Å². The van der Waals surface area contributed by atoms with Crippen molar-refractivity contribution in [1.82, 2.24) is 15.0 Å². The fourth-order valence-corrected chi connectivity index (χ4v) is 3.30. The van der Waals surface area contributed by atoms with Crippen molar-refractivity contribution in [3.63, 3.8) is 0 Å². The molecule has 33 heavy (non-hydrogen) atoms. The lowest BCUT2D eigenvalue weighted by Crippen LogP contribution is -2.14. The van der Waals surface area contributed by atoms with Gasteiger partial charge in [-0.05, 0) is 36.4 Å². The van der Waals surface area contributed by atoms with Gasteiger partial charge in [-0.2, -0.15) is 13.2 Å². The third-order valence-corrected chi connectivity index (χ3v) is 4.91. The summed E-state index contributed by atoms with van der Waals surface area (Å²) < 4.78 is 52.3. The van der Waals surface area contributed by atoms with E-state index in [-0.39, 0.29) is 28.7 Å². The van der Waals surface area contributed by atoms with E-state index in [4.69, 9.17) is 16.9 Å². The number of hydrogen-bond acceptors (Lipinski definition) is 5. The Morgan fingerprint density at radius 2 is 1.91 bits per heavy atom. The van der Waals surface area contributed by atoms with Crippen LogP contribution in [0.2, 0.25) is 0 Å². The van der Waals surface area contributed by atoms with E-state index in [2.05, 4.69) is 19.9 Å². The molecule has 3 rings (SSSR count). The molecule has 2 aromatic heterocycles. The quantitative estimate of drug-likeness (QED) is 0.233. The van der Waals surface area contributed by atoms with Crippen molar-refractivity contribution < 1.29 is 17.6 Å². The number of para-hydroxylation sites is 1. The van der Waals surface area contributed by atoms with Gasteiger partial charge in [0.2, 0.25) is 5.82 Å². The fourth-order valence-electron chi connectivity index (χ4n) is 3.30. The van der Waals surface area contributed by atoms with E-state index < -0.39 is 17.8 Å². The molecule has 0 saturated heterocycles. The smallest absolute Gasteiger partial charge is 0.404 e. The molecule has 1 atom stereocenters. The van der Waals surface area contributed by atoms with Crippen molar-refractivity contribution in [3.05, 3.63) is 77.5 Å². The number of allylic oxidation sites excluding steroid dienone is 1. The van der Waals surface area contributed by atoms with Crippen LogP contribution in [-0.2, 0) is 6.18 Å². The summed E-state index contributed by atoms with van der Waals surface area (Å²) >= 11 is 0. The molecule has 172 valence electrons. The molecule has 1 aromatic carbocycles. The average Bonchev–Trinajstić information content (AvgIpc) is 3.22. The first kappa shape index (κ1) is 23.6. The van der Waals surface area contributed by atoms with Gasteiger partial charge in [0.15, 0.2) is 0 Å². The summed E-state index contributed by atoms with van der Waals surface area (Å²) in [6, 6.07) is 7.67. The standard InChI is InChI=1S/C22H21F4N7/c1-2-14(12(8-27)9-30-17-6-4-3-5-16(17)23)18-7-15(19(33-18)20(28)29)13-10-31-21(32-11-13)22(24,25)26/h3-11,14,33H,2,27H2,1H3,(H3,28,29). The number of nitrogens with zero attached hydrogens (tertiary/aromatic N) is 3. The van der Waals surface area contributed by atoms with Crippen molar-refractivity contribution in [1.29, 1.82) is 5.41 Å². The third kappa shape index (κ3) is 5.25. The molecule has 0 aliphatic rings. The molecule has 7 nitrogen and oxygen atoms in total. The summed E-state index contributed by atoms with van der Waals surface area (Å²) in [5.41, 5.74) is 13.6. The van der Waals surface area contributed by atoms with Crippen LogP contribution in [0.4, 0.5) is 23.2 Å². The lowest BCUT2D eigenvalue weighted by molar-refractivity contribution is -0.144. The molecular weight excluding hydrogens is 438 g/mol. The van der Waals surface area contributed by atoms with Gasteiger partial charge in [0.25, 0.3) is 0 Å². The van der Waals surface area contributed by atoms with Crippen LogP contribution < -0.4 is 11.5 Å². The first-order chi connectivity index (χ1) is 15.7. The first-order valence-corrected chi connectivity index (χ1v) is 9.83. The zero-order chi connectivity index (χ0) is 24.2. The zero-order valence-electron chi connectivity index (χ0n) is 17.5. The zero-order valence-corrected chi connectivity index (χ0v) is 17.5. The van der Waals surface area contributed by atoms with Crippen LogP contribution in [0, 0.1) is 11.2 Å². The molecule has 0 aliphatic carbocycles. The molecule has 11 heteroatoms. The normalized spacial score (nSPS) is 13.4. The maximum Gasteiger partial charge on any atom is 0.451 e. The average molecular weight is 459 g/mol. The van der Waals surface area contributed by atoms with Gasteiger partial charge in [-0.3, -0.25) is 10.4 Å². The van der Waals surface area contributed by atoms with Crippen molar-refractivity contribution in [2.75, 3.05) is 0 Å². The molecule has 0 saturated carbocycles. The number of aliphatic imine (C=N–C) groups is 1. The largest absolute Gasteiger partial charge is 0.451 e. The minimum absolute atomic E-state index is 0.144. The lowest BCUT2D eigenvalue weighted by Gasteiger charge is -2.14. The number of halogens is 4. The van der Waals surface area contributed by atoms with E-state index in [1.165, 1.54) is 24.5 Å². The number of rotatable bonds is 7. The molecule has 0 amide bonds. The maximum atomic E-state index is 13.9. The Bertz CT molecular complexity index is 1190. The molecule has 1 unspecified atom stereocenters. The molecular formula is C22H21F4N7. The van der Waals surface area contributed by atoms with E-state index in [1.54, 1.807) is 18.2 Å². The second-order valence-corrected chi connectivity index (χ2v) is 7.06. The van der Waals surface area contributed by atoms with Gasteiger partial charge < -0.3 is 16.5 Å². The topological polar surface area (TPSA) is 130 Å². The van der Waals surface area contributed by atoms with E-state index in [1.807, 2.05) is 6.92 Å². The van der Waals surface area contributed by atoms with Gasteiger partial charge in [0, 0.05) is 41.3 Å². The van der Waals surface area contributed by atoms with Crippen LogP contribution in [0.3, 0.4) is 0 Å². The minimum Gasteiger partial charge on any atom is -0.404 e. The van der Waals surface area contributed by atoms with Crippen molar-refractivity contribution in [2.24, 2.45) is 16.5 Å². The highest BCUT2D eigenvalue weighted by Crippen LogP contribution is 2.33. The van der Waals surface area contributed by atoms with Gasteiger partial charge in [0.1, 0.15) is 11.7 Å². The van der Waals surface area contributed by atoms with Gasteiger partial charge in [-0.15, -0.1) is 0 Å². The summed E-state index contributed by atoms with van der Waals surface area (Å²) in [7, 11) is 0. The number of nitrogens with two attached hydrogens (primary N) is 2. The molecule has 0 bridgehead atoms. The summed E-state index contributed by atoms with van der Waals surface area (Å²) in [5.74, 6) is -2.41. The minimum atomic E-state index is -4.67. The highest BCUT2D eigenvalue weighted by Gasteiger charge is 2.34. The van der Waals surface area contributed by atoms with Crippen LogP contribution in [0.5, 0.6) is 0 Å². The molecule has 2 heterocycles. The van der Waals surface area contributed by atoms with E-state index in [0.29, 0.717) is 23.3 Å². The van der Waals surface area contributed by atoms with Crippen LogP contribution in [0.15, 0.2) is 59.5 Å². The number of benzene rings is 1. The Hall–Kier alpha value is -4.02. The maximum absolute atomic E-state index is 13.9. The second kappa shape index (κ2) is 9.63. The predicted octanol–water partition coefficient (Wildman–Crippen LogP) is 4.65. The Kier molecular flexibility index (Phi) is 6.90. The van der Waals surface area contributed by atoms with Crippen molar-refractivity contribution in [2.45, 2.75) is 25.4 Å². The predicted molar refractivity (Wildman–Crippen MR) is 118 cm³/mol. The Morgan fingerprint density at radius 3 is 2.45 bits per heavy atom. The molecule has 0 spiro atoms. The van der Waals surface area contributed by atoms with Crippen LogP contribution in [-0.4, -0.2) is 27.0 Å². The van der Waals surface area contributed by atoms with Crippen LogP contribution in [0.1, 0.15) is 36.5 Å². The molecule has 0 fully saturated rings. The Balaban J connectivity index is 1.99. The van der Waals surface area contributed by atoms with Crippen LogP contribution >= 0.6 is 0 Å². The van der Waals surface area contributed by atoms with E-state index in [9.17, 15) is 17.6 Å². The second-order valence-electron chi connectivity index (χ2n) is 7.06. The van der Waals surface area contributed by atoms with E-state index in [0.717, 1.165) is 12.4 Å². The number of aromatic nitrogens is 3. The van der Waals surface area contributed by atoms with Gasteiger partial charge >= 0.3 is 6.18 Å². The number of amidine groups is 1. The number of nitrogen functional groups attached to an aromatic ring is 1. The highest BCUT2D eigenvalue weighted by atomic mass is 19.4. The SMILES string of the molecule is CCC(C(C=Nc1ccccc1F)=CN)c1cc(-c2cnc(C(F)(F)F)nc2)c(C(=N)N)[nH]1. The van der Waals surface area contributed by atoms with Gasteiger partial charge in [-0.25, -0.2) is 14.4 Å². The fraction of sp³-hybridized carbons (Fsp3) is 0.182. The first-order valence-electron chi connectivity index (χ1n) is 9.83. The molecule has 6 N–H and O–H groups in total. The van der Waals surface area contributed by atoms with E-state index >= 15 is 0 Å². The highest BCUT2D eigenvalue weighted by molar-refractivity contribution is 6.00. The Morgan fingerprint density at radius 1 is 1.24 bits per heavy atom.